The Morgan fingerprint density at radius 3 is 2.04 bits per heavy atom. The van der Waals surface area contributed by atoms with Crippen LogP contribution in [0, 0.1) is 5.92 Å². The first-order valence-corrected chi connectivity index (χ1v) is 10.6. The van der Waals surface area contributed by atoms with E-state index in [1.807, 2.05) is 6.08 Å². The van der Waals surface area contributed by atoms with E-state index in [1.54, 1.807) is 0 Å². The summed E-state index contributed by atoms with van der Waals surface area (Å²) >= 11 is 0. The van der Waals surface area contributed by atoms with Crippen molar-refractivity contribution in [3.05, 3.63) is 12.2 Å². The van der Waals surface area contributed by atoms with Crippen molar-refractivity contribution in [1.82, 2.24) is 0 Å². The molecule has 1 atom stereocenters. The maximum atomic E-state index is 10.6. The van der Waals surface area contributed by atoms with E-state index < -0.39 is 10.4 Å². The maximum Gasteiger partial charge on any atom is 1.00 e. The average molecular weight is 371 g/mol. The minimum Gasteiger partial charge on any atom is -0.726 e. The van der Waals surface area contributed by atoms with Gasteiger partial charge in [-0.05, 0) is 19.3 Å². The first kappa shape index (κ1) is 26.8. The number of hydrogen-bond acceptors (Lipinski definition) is 4. The molecule has 0 aliphatic carbocycles. The number of allylic oxidation sites excluding steroid dienone is 1. The van der Waals surface area contributed by atoms with E-state index in [0.717, 1.165) is 32.1 Å². The van der Waals surface area contributed by atoms with Crippen molar-refractivity contribution in [3.63, 3.8) is 0 Å². The van der Waals surface area contributed by atoms with E-state index in [9.17, 15) is 13.0 Å². The van der Waals surface area contributed by atoms with Gasteiger partial charge in [0.05, 0.1) is 6.61 Å². The summed E-state index contributed by atoms with van der Waals surface area (Å²) < 4.78 is 36.3. The van der Waals surface area contributed by atoms with Gasteiger partial charge >= 0.3 is 29.6 Å². The second kappa shape index (κ2) is 18.4. The fourth-order valence-corrected chi connectivity index (χ4v) is 2.91. The Balaban J connectivity index is 0. The second-order valence-electron chi connectivity index (χ2n) is 6.29. The normalized spacial score (nSPS) is 13.1. The van der Waals surface area contributed by atoms with Gasteiger partial charge in [0, 0.05) is 5.92 Å². The maximum absolute atomic E-state index is 10.6. The minimum absolute atomic E-state index is 0. The van der Waals surface area contributed by atoms with Crippen LogP contribution in [0.1, 0.15) is 90.9 Å². The van der Waals surface area contributed by atoms with Crippen LogP contribution in [0.4, 0.5) is 0 Å². The molecule has 0 saturated carbocycles. The van der Waals surface area contributed by atoms with Crippen LogP contribution < -0.4 is 29.6 Å². The van der Waals surface area contributed by atoms with Gasteiger partial charge in [-0.1, -0.05) is 83.8 Å². The Labute approximate surface area is 172 Å². The zero-order valence-electron chi connectivity index (χ0n) is 16.0. The minimum atomic E-state index is -4.59. The van der Waals surface area contributed by atoms with Gasteiger partial charge in [0.2, 0.25) is 10.4 Å². The van der Waals surface area contributed by atoms with Gasteiger partial charge in [-0.3, -0.25) is 4.18 Å². The molecule has 6 heteroatoms. The molecule has 0 aromatic carbocycles. The van der Waals surface area contributed by atoms with E-state index in [1.165, 1.54) is 44.9 Å². The SMILES string of the molecule is CCCCC/C=C/C(CCCCCCCCC)COS(=O)(=O)[O-].[Na+]. The van der Waals surface area contributed by atoms with E-state index in [0.29, 0.717) is 0 Å². The Hall–Kier alpha value is 0.610. The van der Waals surface area contributed by atoms with Crippen LogP contribution in [-0.2, 0) is 14.6 Å². The Kier molecular flexibility index (Phi) is 20.6. The van der Waals surface area contributed by atoms with Crippen molar-refractivity contribution in [3.8, 4) is 0 Å². The largest absolute Gasteiger partial charge is 1.00 e. The molecule has 138 valence electrons. The molecule has 0 bridgehead atoms. The molecule has 0 rings (SSSR count). The second-order valence-corrected chi connectivity index (χ2v) is 7.34. The standard InChI is InChI=1S/C18H36O4S.Na/c1-3-5-7-9-10-12-14-16-18(17-22-23(19,20)21)15-13-11-8-6-4-2;/h13,15,18H,3-12,14,16-17H2,1-2H3,(H,19,20,21);/q;+1/p-1/b15-13+;. The van der Waals surface area contributed by atoms with Crippen molar-refractivity contribution >= 4 is 10.4 Å². The zero-order valence-corrected chi connectivity index (χ0v) is 18.8. The van der Waals surface area contributed by atoms with Gasteiger partial charge in [-0.15, -0.1) is 0 Å². The summed E-state index contributed by atoms with van der Waals surface area (Å²) in [5.41, 5.74) is 0. The van der Waals surface area contributed by atoms with E-state index in [4.69, 9.17) is 0 Å². The molecular weight excluding hydrogens is 335 g/mol. The molecule has 0 spiro atoms. The molecular formula is C18H35NaO4S. The third kappa shape index (κ3) is 20.7. The Morgan fingerprint density at radius 1 is 0.917 bits per heavy atom. The molecule has 0 aromatic rings. The number of unbranched alkanes of at least 4 members (excludes halogenated alkanes) is 9. The molecule has 0 N–H and O–H groups in total. The van der Waals surface area contributed by atoms with E-state index in [2.05, 4.69) is 24.1 Å². The molecule has 0 aromatic heterocycles. The third-order valence-electron chi connectivity index (χ3n) is 3.99. The summed E-state index contributed by atoms with van der Waals surface area (Å²) in [5.74, 6) is 0.0241. The molecule has 0 heterocycles. The number of rotatable bonds is 16. The summed E-state index contributed by atoms with van der Waals surface area (Å²) in [6.07, 6.45) is 18.1. The van der Waals surface area contributed by atoms with E-state index >= 15 is 0 Å². The summed E-state index contributed by atoms with van der Waals surface area (Å²) in [5, 5.41) is 0. The first-order valence-electron chi connectivity index (χ1n) is 9.26. The average Bonchev–Trinajstić information content (AvgIpc) is 2.49. The Morgan fingerprint density at radius 2 is 1.46 bits per heavy atom. The molecule has 0 amide bonds. The fourth-order valence-electron chi connectivity index (χ4n) is 2.57. The van der Waals surface area contributed by atoms with Gasteiger partial charge in [-0.2, -0.15) is 0 Å². The molecule has 4 nitrogen and oxygen atoms in total. The Bertz CT molecular complexity index is 382. The molecule has 0 aliphatic rings. The molecule has 0 aliphatic heterocycles. The van der Waals surface area contributed by atoms with Crippen molar-refractivity contribution in [2.24, 2.45) is 5.92 Å². The summed E-state index contributed by atoms with van der Waals surface area (Å²) in [7, 11) is -4.59. The van der Waals surface area contributed by atoms with E-state index in [-0.39, 0.29) is 42.1 Å². The summed E-state index contributed by atoms with van der Waals surface area (Å²) in [6.45, 7) is 4.35. The molecule has 1 unspecified atom stereocenters. The predicted octanol–water partition coefficient (Wildman–Crippen LogP) is 2.36. The van der Waals surface area contributed by atoms with Crippen LogP contribution >= 0.6 is 0 Å². The smallest absolute Gasteiger partial charge is 0.726 e. The van der Waals surface area contributed by atoms with Crippen LogP contribution in [0.5, 0.6) is 0 Å². The molecule has 0 fully saturated rings. The van der Waals surface area contributed by atoms with Gasteiger partial charge in [0.15, 0.2) is 0 Å². The predicted molar refractivity (Wildman–Crippen MR) is 95.0 cm³/mol. The topological polar surface area (TPSA) is 66.4 Å². The van der Waals surface area contributed by atoms with Crippen molar-refractivity contribution < 1.29 is 46.7 Å². The van der Waals surface area contributed by atoms with Gasteiger partial charge in [0.1, 0.15) is 0 Å². The van der Waals surface area contributed by atoms with Crippen molar-refractivity contribution in [2.75, 3.05) is 6.61 Å². The molecule has 24 heavy (non-hydrogen) atoms. The van der Waals surface area contributed by atoms with Crippen LogP contribution in [0.2, 0.25) is 0 Å². The van der Waals surface area contributed by atoms with Crippen molar-refractivity contribution in [2.45, 2.75) is 90.9 Å². The van der Waals surface area contributed by atoms with Crippen LogP contribution in [0.3, 0.4) is 0 Å². The van der Waals surface area contributed by atoms with Gasteiger partial charge < -0.3 is 4.55 Å². The molecule has 0 radical (unpaired) electrons. The molecule has 0 saturated heterocycles. The number of hydrogen-bond donors (Lipinski definition) is 0. The fraction of sp³-hybridized carbons (Fsp3) is 0.889. The van der Waals surface area contributed by atoms with Gasteiger partial charge in [-0.25, -0.2) is 8.42 Å². The first-order chi connectivity index (χ1) is 11.0. The third-order valence-corrected chi connectivity index (χ3v) is 4.41. The van der Waals surface area contributed by atoms with Crippen LogP contribution in [0.25, 0.3) is 0 Å². The van der Waals surface area contributed by atoms with Crippen LogP contribution in [0.15, 0.2) is 12.2 Å². The quantitative estimate of drug-likeness (QED) is 0.138. The zero-order chi connectivity index (χ0) is 17.4. The summed E-state index contributed by atoms with van der Waals surface area (Å²) in [4.78, 5) is 0. The van der Waals surface area contributed by atoms with Gasteiger partial charge in [0.25, 0.3) is 0 Å². The van der Waals surface area contributed by atoms with Crippen LogP contribution in [-0.4, -0.2) is 19.6 Å². The van der Waals surface area contributed by atoms with Crippen molar-refractivity contribution in [1.29, 1.82) is 0 Å². The monoisotopic (exact) mass is 370 g/mol. The summed E-state index contributed by atoms with van der Waals surface area (Å²) in [6, 6.07) is 0.